The number of carboxylic acids is 1. The van der Waals surface area contributed by atoms with Crippen molar-refractivity contribution in [1.29, 1.82) is 0 Å². The second kappa shape index (κ2) is 9.23. The first-order chi connectivity index (χ1) is 15.1. The van der Waals surface area contributed by atoms with Gasteiger partial charge < -0.3 is 19.6 Å². The predicted octanol–water partition coefficient (Wildman–Crippen LogP) is 5.03. The number of benzene rings is 2. The Morgan fingerprint density at radius 2 is 1.69 bits per heavy atom. The summed E-state index contributed by atoms with van der Waals surface area (Å²) in [4.78, 5) is 29.2. The minimum absolute atomic E-state index is 0.230. The first kappa shape index (κ1) is 23.6. The van der Waals surface area contributed by atoms with Gasteiger partial charge in [-0.3, -0.25) is 0 Å². The first-order valence-electron chi connectivity index (χ1n) is 11.1. The molecular weight excluding hydrogens is 404 g/mol. The maximum atomic E-state index is 13.4. The van der Waals surface area contributed by atoms with Gasteiger partial charge in [0.25, 0.3) is 0 Å². The zero-order valence-corrected chi connectivity index (χ0v) is 19.7. The van der Waals surface area contributed by atoms with E-state index in [1.165, 1.54) is 0 Å². The van der Waals surface area contributed by atoms with E-state index in [9.17, 15) is 14.7 Å². The van der Waals surface area contributed by atoms with Crippen molar-refractivity contribution in [1.82, 2.24) is 9.80 Å². The number of hydrogen-bond acceptors (Lipinski definition) is 3. The molecule has 2 amide bonds. The number of rotatable bonds is 8. The highest BCUT2D eigenvalue weighted by molar-refractivity contribution is 5.88. The Morgan fingerprint density at radius 3 is 2.28 bits per heavy atom. The largest absolute Gasteiger partial charge is 0.489 e. The van der Waals surface area contributed by atoms with Crippen molar-refractivity contribution in [3.05, 3.63) is 65.7 Å². The molecule has 1 saturated heterocycles. The van der Waals surface area contributed by atoms with E-state index in [-0.39, 0.29) is 11.9 Å². The number of hydrogen-bond donors (Lipinski definition) is 1. The van der Waals surface area contributed by atoms with Crippen LogP contribution in [0.25, 0.3) is 0 Å². The van der Waals surface area contributed by atoms with Crippen LogP contribution >= 0.6 is 0 Å². The average Bonchev–Trinajstić information content (AvgIpc) is 3.07. The Hall–Kier alpha value is -3.02. The zero-order valence-electron chi connectivity index (χ0n) is 19.7. The van der Waals surface area contributed by atoms with Crippen molar-refractivity contribution in [3.63, 3.8) is 0 Å². The number of nitrogens with zero attached hydrogens (tertiary/aromatic N) is 2. The van der Waals surface area contributed by atoms with Crippen LogP contribution in [0.2, 0.25) is 0 Å². The Bertz CT molecular complexity index is 952. The van der Waals surface area contributed by atoms with Crippen LogP contribution in [0.4, 0.5) is 4.79 Å². The summed E-state index contributed by atoms with van der Waals surface area (Å²) < 4.78 is 5.92. The number of carbonyl (C=O) groups excluding carboxylic acids is 1. The van der Waals surface area contributed by atoms with Gasteiger partial charge in [0.15, 0.2) is 0 Å². The molecule has 0 bridgehead atoms. The topological polar surface area (TPSA) is 70.1 Å². The van der Waals surface area contributed by atoms with E-state index in [1.54, 1.807) is 9.80 Å². The molecule has 3 rings (SSSR count). The fraction of sp³-hybridized carbons (Fsp3) is 0.462. The van der Waals surface area contributed by atoms with Crippen molar-refractivity contribution >= 4 is 12.0 Å². The number of amides is 2. The summed E-state index contributed by atoms with van der Waals surface area (Å²) in [6.45, 7) is 11.2. The highest BCUT2D eigenvalue weighted by Crippen LogP contribution is 2.43. The van der Waals surface area contributed by atoms with Gasteiger partial charge in [0, 0.05) is 19.6 Å². The molecule has 0 aromatic heterocycles. The van der Waals surface area contributed by atoms with E-state index in [0.717, 1.165) is 16.9 Å². The molecule has 1 aliphatic heterocycles. The fourth-order valence-corrected chi connectivity index (χ4v) is 5.02. The molecule has 172 valence electrons. The van der Waals surface area contributed by atoms with E-state index in [0.29, 0.717) is 26.2 Å². The van der Waals surface area contributed by atoms with Gasteiger partial charge in [-0.2, -0.15) is 0 Å². The lowest BCUT2D eigenvalue weighted by Crippen LogP contribution is -2.66. The number of aliphatic carboxylic acids is 1. The monoisotopic (exact) mass is 438 g/mol. The Morgan fingerprint density at radius 1 is 1.03 bits per heavy atom. The van der Waals surface area contributed by atoms with Gasteiger partial charge in [-0.05, 0) is 34.6 Å². The molecule has 0 saturated carbocycles. The molecule has 1 heterocycles. The van der Waals surface area contributed by atoms with Crippen molar-refractivity contribution < 1.29 is 19.4 Å². The van der Waals surface area contributed by atoms with Crippen molar-refractivity contribution in [3.8, 4) is 5.75 Å². The van der Waals surface area contributed by atoms with Crippen LogP contribution in [0.3, 0.4) is 0 Å². The molecule has 0 aliphatic carbocycles. The Labute approximate surface area is 190 Å². The van der Waals surface area contributed by atoms with Crippen LogP contribution in [0.5, 0.6) is 5.75 Å². The van der Waals surface area contributed by atoms with Crippen LogP contribution in [-0.2, 0) is 17.9 Å². The standard InChI is InChI=1S/C26H34N2O4/c1-19(2)26(23(29)30,25(3,4)5)28-15-14-27(24(28)31)17-21-12-9-13-22(16-21)32-18-20-10-7-6-8-11-20/h6-13,16,19H,14-15,17-18H2,1-5H3,(H,29,30). The van der Waals surface area contributed by atoms with E-state index in [1.807, 2.05) is 89.2 Å². The highest BCUT2D eigenvalue weighted by atomic mass is 16.5. The van der Waals surface area contributed by atoms with Crippen molar-refractivity contribution in [2.45, 2.75) is 53.3 Å². The summed E-state index contributed by atoms with van der Waals surface area (Å²) in [5, 5.41) is 10.2. The molecule has 0 spiro atoms. The summed E-state index contributed by atoms with van der Waals surface area (Å²) in [6, 6.07) is 17.4. The quantitative estimate of drug-likeness (QED) is 0.628. The van der Waals surface area contributed by atoms with Gasteiger partial charge >= 0.3 is 12.0 Å². The second-order valence-corrected chi connectivity index (χ2v) is 9.75. The SMILES string of the molecule is CC(C)C(C(=O)O)(N1CCN(Cc2cccc(OCc3ccccc3)c2)C1=O)C(C)(C)C. The molecule has 2 aromatic rings. The molecule has 1 aliphatic rings. The van der Waals surface area contributed by atoms with Gasteiger partial charge in [0.2, 0.25) is 0 Å². The van der Waals surface area contributed by atoms with Crippen LogP contribution in [0.15, 0.2) is 54.6 Å². The number of ether oxygens (including phenoxy) is 1. The summed E-state index contributed by atoms with van der Waals surface area (Å²) in [5.41, 5.74) is 0.139. The smallest absolute Gasteiger partial charge is 0.330 e. The molecule has 2 aromatic carbocycles. The molecule has 0 radical (unpaired) electrons. The molecule has 1 atom stereocenters. The molecule has 1 fully saturated rings. The third kappa shape index (κ3) is 4.45. The number of carbonyl (C=O) groups is 2. The third-order valence-electron chi connectivity index (χ3n) is 6.35. The molecule has 6 heteroatoms. The molecule has 6 nitrogen and oxygen atoms in total. The van der Waals surface area contributed by atoms with Crippen LogP contribution in [0, 0.1) is 11.3 Å². The van der Waals surface area contributed by atoms with Crippen LogP contribution in [0.1, 0.15) is 45.7 Å². The van der Waals surface area contributed by atoms with Crippen molar-refractivity contribution in [2.75, 3.05) is 13.1 Å². The zero-order chi connectivity index (χ0) is 23.5. The minimum atomic E-state index is -1.28. The van der Waals surface area contributed by atoms with Gasteiger partial charge in [-0.1, -0.05) is 77.1 Å². The first-order valence-corrected chi connectivity index (χ1v) is 11.1. The summed E-state index contributed by atoms with van der Waals surface area (Å²) >= 11 is 0. The Kier molecular flexibility index (Phi) is 6.82. The minimum Gasteiger partial charge on any atom is -0.489 e. The lowest BCUT2D eigenvalue weighted by molar-refractivity contribution is -0.161. The summed E-state index contributed by atoms with van der Waals surface area (Å²) in [6.07, 6.45) is 0. The maximum absolute atomic E-state index is 13.4. The van der Waals surface area contributed by atoms with E-state index in [2.05, 4.69) is 0 Å². The normalized spacial score (nSPS) is 16.4. The van der Waals surface area contributed by atoms with E-state index >= 15 is 0 Å². The maximum Gasteiger partial charge on any atom is 0.330 e. The lowest BCUT2D eigenvalue weighted by atomic mass is 9.66. The van der Waals surface area contributed by atoms with Crippen molar-refractivity contribution in [2.24, 2.45) is 11.3 Å². The molecule has 1 N–H and O–H groups in total. The Balaban J connectivity index is 1.74. The van der Waals surface area contributed by atoms with Gasteiger partial charge in [-0.25, -0.2) is 9.59 Å². The summed E-state index contributed by atoms with van der Waals surface area (Å²) in [5.74, 6) is -0.447. The van der Waals surface area contributed by atoms with Gasteiger partial charge in [0.05, 0.1) is 0 Å². The van der Waals surface area contributed by atoms with Gasteiger partial charge in [0.1, 0.15) is 17.9 Å². The second-order valence-electron chi connectivity index (χ2n) is 9.75. The fourth-order valence-electron chi connectivity index (χ4n) is 5.02. The molecular formula is C26H34N2O4. The van der Waals surface area contributed by atoms with E-state index in [4.69, 9.17) is 4.74 Å². The number of urea groups is 1. The molecule has 32 heavy (non-hydrogen) atoms. The van der Waals surface area contributed by atoms with E-state index < -0.39 is 16.9 Å². The van der Waals surface area contributed by atoms with Gasteiger partial charge in [-0.15, -0.1) is 0 Å². The summed E-state index contributed by atoms with van der Waals surface area (Å²) in [7, 11) is 0. The number of carboxylic acid groups (broad SMARTS) is 1. The average molecular weight is 439 g/mol. The lowest BCUT2D eigenvalue weighted by Gasteiger charge is -2.49. The van der Waals surface area contributed by atoms with Crippen LogP contribution < -0.4 is 4.74 Å². The van der Waals surface area contributed by atoms with Crippen LogP contribution in [-0.4, -0.2) is 45.5 Å². The molecule has 1 unspecified atom stereocenters. The predicted molar refractivity (Wildman–Crippen MR) is 124 cm³/mol. The third-order valence-corrected chi connectivity index (χ3v) is 6.35. The highest BCUT2D eigenvalue weighted by Gasteiger charge is 2.59.